The van der Waals surface area contributed by atoms with Crippen molar-refractivity contribution in [1.82, 2.24) is 4.98 Å². The molecule has 0 amide bonds. The van der Waals surface area contributed by atoms with Crippen molar-refractivity contribution in [3.63, 3.8) is 0 Å². The topological polar surface area (TPSA) is 36.7 Å². The maximum absolute atomic E-state index is 8.64. The summed E-state index contributed by atoms with van der Waals surface area (Å²) in [6.45, 7) is 2.04. The number of nitriles is 1. The lowest BCUT2D eigenvalue weighted by Gasteiger charge is -1.96. The highest BCUT2D eigenvalue weighted by Gasteiger charge is 2.10. The number of nitrogens with zero attached hydrogens (tertiary/aromatic N) is 2. The summed E-state index contributed by atoms with van der Waals surface area (Å²) in [6.07, 6.45) is 0.322. The van der Waals surface area contributed by atoms with Gasteiger partial charge in [0.1, 0.15) is 10.2 Å². The second-order valence-corrected chi connectivity index (χ2v) is 4.88. The lowest BCUT2D eigenvalue weighted by molar-refractivity contribution is 1.28. The Morgan fingerprint density at radius 3 is 3.00 bits per heavy atom. The van der Waals surface area contributed by atoms with Crippen LogP contribution in [0.2, 0.25) is 5.15 Å². The van der Waals surface area contributed by atoms with Crippen LogP contribution in [0.4, 0.5) is 0 Å². The van der Waals surface area contributed by atoms with Gasteiger partial charge in [-0.25, -0.2) is 4.98 Å². The molecule has 1 aromatic carbocycles. The van der Waals surface area contributed by atoms with Crippen molar-refractivity contribution in [1.29, 1.82) is 5.26 Å². The fourth-order valence-corrected chi connectivity index (χ4v) is 2.61. The lowest BCUT2D eigenvalue weighted by Crippen LogP contribution is -1.77. The van der Waals surface area contributed by atoms with E-state index in [1.165, 1.54) is 16.9 Å². The lowest BCUT2D eigenvalue weighted by atomic mass is 10.1. The largest absolute Gasteiger partial charge is 0.224 e. The smallest absolute Gasteiger partial charge is 0.144 e. The molecular formula is C12H9ClN2S. The van der Waals surface area contributed by atoms with E-state index < -0.39 is 0 Å². The summed E-state index contributed by atoms with van der Waals surface area (Å²) in [5.74, 6) is 0. The van der Waals surface area contributed by atoms with Crippen molar-refractivity contribution in [2.24, 2.45) is 0 Å². The molecule has 4 heteroatoms. The van der Waals surface area contributed by atoms with Crippen LogP contribution >= 0.6 is 22.9 Å². The number of hydrogen-bond donors (Lipinski definition) is 0. The minimum Gasteiger partial charge on any atom is -0.224 e. The van der Waals surface area contributed by atoms with Crippen LogP contribution in [0.15, 0.2) is 24.3 Å². The molecule has 1 heterocycles. The van der Waals surface area contributed by atoms with Crippen LogP contribution in [-0.2, 0) is 6.42 Å². The van der Waals surface area contributed by atoms with Gasteiger partial charge in [-0.05, 0) is 13.0 Å². The molecule has 0 saturated heterocycles. The van der Waals surface area contributed by atoms with Gasteiger partial charge in [0.25, 0.3) is 0 Å². The third-order valence-corrected chi connectivity index (χ3v) is 3.68. The van der Waals surface area contributed by atoms with Crippen LogP contribution in [0.3, 0.4) is 0 Å². The zero-order valence-electron chi connectivity index (χ0n) is 8.70. The highest BCUT2D eigenvalue weighted by atomic mass is 35.5. The molecule has 0 aliphatic carbocycles. The number of aryl methyl sites for hydroxylation is 1. The number of thiazole rings is 1. The predicted molar refractivity (Wildman–Crippen MR) is 66.6 cm³/mol. The van der Waals surface area contributed by atoms with Gasteiger partial charge in [0.2, 0.25) is 0 Å². The van der Waals surface area contributed by atoms with E-state index in [2.05, 4.69) is 17.1 Å². The second kappa shape index (κ2) is 4.65. The third-order valence-electron chi connectivity index (χ3n) is 2.15. The van der Waals surface area contributed by atoms with E-state index in [0.717, 1.165) is 15.4 Å². The Kier molecular flexibility index (Phi) is 3.23. The van der Waals surface area contributed by atoms with Gasteiger partial charge in [0.05, 0.1) is 17.4 Å². The van der Waals surface area contributed by atoms with Crippen LogP contribution in [0, 0.1) is 18.3 Å². The van der Waals surface area contributed by atoms with Gasteiger partial charge in [-0.1, -0.05) is 35.4 Å². The van der Waals surface area contributed by atoms with E-state index in [0.29, 0.717) is 11.6 Å². The summed E-state index contributed by atoms with van der Waals surface area (Å²) in [4.78, 5) is 5.11. The van der Waals surface area contributed by atoms with Gasteiger partial charge in [-0.15, -0.1) is 11.3 Å². The van der Waals surface area contributed by atoms with Crippen LogP contribution in [0.5, 0.6) is 0 Å². The van der Waals surface area contributed by atoms with Crippen molar-refractivity contribution < 1.29 is 0 Å². The maximum atomic E-state index is 8.64. The average molecular weight is 249 g/mol. The van der Waals surface area contributed by atoms with Gasteiger partial charge in [0.15, 0.2) is 0 Å². The summed E-state index contributed by atoms with van der Waals surface area (Å²) < 4.78 is 0. The molecule has 0 bridgehead atoms. The van der Waals surface area contributed by atoms with Gasteiger partial charge < -0.3 is 0 Å². The first-order valence-electron chi connectivity index (χ1n) is 4.80. The minimum absolute atomic E-state index is 0.322. The van der Waals surface area contributed by atoms with Crippen molar-refractivity contribution >= 4 is 22.9 Å². The molecule has 0 radical (unpaired) electrons. The van der Waals surface area contributed by atoms with E-state index >= 15 is 0 Å². The maximum Gasteiger partial charge on any atom is 0.144 e. The normalized spacial score (nSPS) is 10.1. The van der Waals surface area contributed by atoms with Gasteiger partial charge in [-0.2, -0.15) is 5.26 Å². The molecule has 2 rings (SSSR count). The molecule has 0 aliphatic rings. The fraction of sp³-hybridized carbons (Fsp3) is 0.167. The first-order chi connectivity index (χ1) is 7.70. The molecule has 80 valence electrons. The van der Waals surface area contributed by atoms with Crippen molar-refractivity contribution in [3.8, 4) is 16.6 Å². The number of halogens is 1. The highest BCUT2D eigenvalue weighted by Crippen LogP contribution is 2.31. The van der Waals surface area contributed by atoms with Crippen molar-refractivity contribution in [2.75, 3.05) is 0 Å². The van der Waals surface area contributed by atoms with E-state index in [4.69, 9.17) is 16.9 Å². The Hall–Kier alpha value is -1.37. The highest BCUT2D eigenvalue weighted by molar-refractivity contribution is 7.15. The quantitative estimate of drug-likeness (QED) is 0.810. The van der Waals surface area contributed by atoms with Crippen LogP contribution in [-0.4, -0.2) is 4.98 Å². The molecule has 0 unspecified atom stereocenters. The SMILES string of the molecule is Cc1cccc(-c2nc(Cl)c(CC#N)s2)c1. The van der Waals surface area contributed by atoms with E-state index in [1.54, 1.807) is 0 Å². The van der Waals surface area contributed by atoms with Crippen LogP contribution in [0.1, 0.15) is 10.4 Å². The zero-order valence-corrected chi connectivity index (χ0v) is 10.3. The second-order valence-electron chi connectivity index (χ2n) is 3.44. The molecule has 2 aromatic rings. The molecule has 0 saturated carbocycles. The Bertz CT molecular complexity index is 554. The molecule has 1 aromatic heterocycles. The summed E-state index contributed by atoms with van der Waals surface area (Å²) in [6, 6.07) is 10.2. The average Bonchev–Trinajstić information content (AvgIpc) is 2.61. The molecule has 0 spiro atoms. The summed E-state index contributed by atoms with van der Waals surface area (Å²) >= 11 is 7.44. The molecule has 0 atom stereocenters. The van der Waals surface area contributed by atoms with Gasteiger partial charge in [-0.3, -0.25) is 0 Å². The monoisotopic (exact) mass is 248 g/mol. The first kappa shape index (κ1) is 11.1. The molecular weight excluding hydrogens is 240 g/mol. The molecule has 0 fully saturated rings. The minimum atomic E-state index is 0.322. The van der Waals surface area contributed by atoms with E-state index in [1.807, 2.05) is 25.1 Å². The van der Waals surface area contributed by atoms with Crippen LogP contribution < -0.4 is 0 Å². The first-order valence-corrected chi connectivity index (χ1v) is 5.99. The molecule has 0 N–H and O–H groups in total. The Morgan fingerprint density at radius 2 is 2.31 bits per heavy atom. The molecule has 0 aliphatic heterocycles. The Balaban J connectivity index is 2.42. The third kappa shape index (κ3) is 2.24. The van der Waals surface area contributed by atoms with Gasteiger partial charge >= 0.3 is 0 Å². The predicted octanol–water partition coefficient (Wildman–Crippen LogP) is 3.84. The number of aromatic nitrogens is 1. The number of rotatable bonds is 2. The summed E-state index contributed by atoms with van der Waals surface area (Å²) in [5.41, 5.74) is 2.24. The van der Waals surface area contributed by atoms with E-state index in [-0.39, 0.29) is 0 Å². The van der Waals surface area contributed by atoms with Gasteiger partial charge in [0, 0.05) is 5.56 Å². The fourth-order valence-electron chi connectivity index (χ4n) is 1.42. The van der Waals surface area contributed by atoms with Crippen LogP contribution in [0.25, 0.3) is 10.6 Å². The van der Waals surface area contributed by atoms with E-state index in [9.17, 15) is 0 Å². The zero-order chi connectivity index (χ0) is 11.5. The standard InChI is InChI=1S/C12H9ClN2S/c1-8-3-2-4-9(7-8)12-15-11(13)10(16-12)5-6-14/h2-4,7H,5H2,1H3. The number of hydrogen-bond acceptors (Lipinski definition) is 3. The molecule has 16 heavy (non-hydrogen) atoms. The Labute approximate surface area is 103 Å². The van der Waals surface area contributed by atoms with Crippen molar-refractivity contribution in [3.05, 3.63) is 39.9 Å². The molecule has 2 nitrogen and oxygen atoms in total. The Morgan fingerprint density at radius 1 is 1.50 bits per heavy atom. The summed E-state index contributed by atoms with van der Waals surface area (Å²) in [7, 11) is 0. The van der Waals surface area contributed by atoms with Crippen molar-refractivity contribution in [2.45, 2.75) is 13.3 Å². The number of benzene rings is 1. The summed E-state index contributed by atoms with van der Waals surface area (Å²) in [5, 5.41) is 9.96.